The van der Waals surface area contributed by atoms with E-state index in [9.17, 15) is 4.79 Å². The van der Waals surface area contributed by atoms with Gasteiger partial charge >= 0.3 is 0 Å². The van der Waals surface area contributed by atoms with Crippen molar-refractivity contribution in [3.63, 3.8) is 0 Å². The fraction of sp³-hybridized carbons (Fsp3) is 0.600. The van der Waals surface area contributed by atoms with Gasteiger partial charge in [-0.15, -0.1) is 0 Å². The normalized spacial score (nSPS) is 17.6. The molecule has 4 nitrogen and oxygen atoms in total. The Morgan fingerprint density at radius 3 is 2.68 bits per heavy atom. The predicted octanol–water partition coefficient (Wildman–Crippen LogP) is 2.39. The molecule has 2 rings (SSSR count). The van der Waals surface area contributed by atoms with Crippen LogP contribution in [0.15, 0.2) is 18.3 Å². The summed E-state index contributed by atoms with van der Waals surface area (Å²) in [6.45, 7) is 7.85. The van der Waals surface area contributed by atoms with Crippen LogP contribution < -0.4 is 4.74 Å². The SMILES string of the molecule is CC(C)CN1CCC(Oc2ccc(C=O)cn2)CC1. The fourth-order valence-electron chi connectivity index (χ4n) is 2.43. The van der Waals surface area contributed by atoms with Crippen LogP contribution >= 0.6 is 0 Å². The van der Waals surface area contributed by atoms with Gasteiger partial charge in [-0.05, 0) is 24.8 Å². The Labute approximate surface area is 114 Å². The van der Waals surface area contributed by atoms with Gasteiger partial charge in [-0.2, -0.15) is 0 Å². The van der Waals surface area contributed by atoms with E-state index in [4.69, 9.17) is 4.74 Å². The summed E-state index contributed by atoms with van der Waals surface area (Å²) in [4.78, 5) is 17.2. The number of pyridine rings is 1. The van der Waals surface area contributed by atoms with Crippen LogP contribution in [0.2, 0.25) is 0 Å². The number of aldehydes is 1. The highest BCUT2D eigenvalue weighted by atomic mass is 16.5. The number of hydrogen-bond acceptors (Lipinski definition) is 4. The Kier molecular flexibility index (Phi) is 4.91. The summed E-state index contributed by atoms with van der Waals surface area (Å²) < 4.78 is 5.85. The van der Waals surface area contributed by atoms with Crippen LogP contribution in [0, 0.1) is 5.92 Å². The Morgan fingerprint density at radius 1 is 1.42 bits per heavy atom. The summed E-state index contributed by atoms with van der Waals surface area (Å²) in [5.74, 6) is 1.34. The van der Waals surface area contributed by atoms with Crippen molar-refractivity contribution in [3.05, 3.63) is 23.9 Å². The van der Waals surface area contributed by atoms with Crippen LogP contribution in [-0.2, 0) is 0 Å². The van der Waals surface area contributed by atoms with Crippen molar-refractivity contribution in [3.8, 4) is 5.88 Å². The molecule has 1 aliphatic heterocycles. The quantitative estimate of drug-likeness (QED) is 0.764. The molecular weight excluding hydrogens is 240 g/mol. The van der Waals surface area contributed by atoms with Crippen LogP contribution in [-0.4, -0.2) is 41.9 Å². The molecule has 0 unspecified atom stereocenters. The minimum atomic E-state index is 0.248. The molecule has 0 spiro atoms. The number of nitrogens with zero attached hydrogens (tertiary/aromatic N) is 2. The molecule has 2 heterocycles. The predicted molar refractivity (Wildman–Crippen MR) is 74.6 cm³/mol. The first-order chi connectivity index (χ1) is 9.17. The summed E-state index contributed by atoms with van der Waals surface area (Å²) in [6.07, 6.45) is 4.68. The summed E-state index contributed by atoms with van der Waals surface area (Å²) in [7, 11) is 0. The van der Waals surface area contributed by atoms with E-state index in [0.717, 1.165) is 38.1 Å². The van der Waals surface area contributed by atoms with Gasteiger partial charge in [0.05, 0.1) is 0 Å². The van der Waals surface area contributed by atoms with Gasteiger partial charge in [-0.1, -0.05) is 13.8 Å². The third kappa shape index (κ3) is 4.31. The second kappa shape index (κ2) is 6.66. The lowest BCUT2D eigenvalue weighted by molar-refractivity contribution is 0.0907. The molecular formula is C15H22N2O2. The molecule has 1 aliphatic rings. The Morgan fingerprint density at radius 2 is 2.16 bits per heavy atom. The van der Waals surface area contributed by atoms with E-state index in [1.807, 2.05) is 0 Å². The Hall–Kier alpha value is -1.42. The second-order valence-electron chi connectivity index (χ2n) is 5.56. The molecule has 0 radical (unpaired) electrons. The van der Waals surface area contributed by atoms with Gasteiger partial charge in [0, 0.05) is 37.5 Å². The fourth-order valence-corrected chi connectivity index (χ4v) is 2.43. The molecule has 4 heteroatoms. The lowest BCUT2D eigenvalue weighted by Crippen LogP contribution is -2.40. The van der Waals surface area contributed by atoms with E-state index < -0.39 is 0 Å². The lowest BCUT2D eigenvalue weighted by Gasteiger charge is -2.32. The molecule has 0 N–H and O–H groups in total. The van der Waals surface area contributed by atoms with Crippen molar-refractivity contribution in [1.29, 1.82) is 0 Å². The van der Waals surface area contributed by atoms with Gasteiger partial charge in [-0.3, -0.25) is 4.79 Å². The molecule has 0 aliphatic carbocycles. The van der Waals surface area contributed by atoms with E-state index in [2.05, 4.69) is 23.7 Å². The maximum absolute atomic E-state index is 10.5. The topological polar surface area (TPSA) is 42.4 Å². The van der Waals surface area contributed by atoms with Gasteiger partial charge in [0.1, 0.15) is 6.10 Å². The van der Waals surface area contributed by atoms with Gasteiger partial charge < -0.3 is 9.64 Å². The minimum Gasteiger partial charge on any atom is -0.474 e. The Balaban J connectivity index is 1.80. The van der Waals surface area contributed by atoms with Crippen molar-refractivity contribution in [2.75, 3.05) is 19.6 Å². The standard InChI is InChI=1S/C15H22N2O2/c1-12(2)10-17-7-5-14(6-8-17)19-15-4-3-13(11-18)9-16-15/h3-4,9,11-12,14H,5-8,10H2,1-2H3. The highest BCUT2D eigenvalue weighted by Crippen LogP contribution is 2.18. The van der Waals surface area contributed by atoms with E-state index in [1.165, 1.54) is 6.54 Å². The zero-order valence-corrected chi connectivity index (χ0v) is 11.7. The smallest absolute Gasteiger partial charge is 0.213 e. The molecule has 0 saturated carbocycles. The molecule has 1 fully saturated rings. The molecule has 19 heavy (non-hydrogen) atoms. The number of rotatable bonds is 5. The average molecular weight is 262 g/mol. The molecule has 1 aromatic heterocycles. The van der Waals surface area contributed by atoms with Gasteiger partial charge in [-0.25, -0.2) is 4.98 Å². The molecule has 0 bridgehead atoms. The highest BCUT2D eigenvalue weighted by molar-refractivity contribution is 5.73. The summed E-state index contributed by atoms with van der Waals surface area (Å²) >= 11 is 0. The van der Waals surface area contributed by atoms with Crippen LogP contribution in [0.1, 0.15) is 37.0 Å². The average Bonchev–Trinajstić information content (AvgIpc) is 2.41. The van der Waals surface area contributed by atoms with Crippen LogP contribution in [0.25, 0.3) is 0 Å². The maximum Gasteiger partial charge on any atom is 0.213 e. The number of hydrogen-bond donors (Lipinski definition) is 0. The van der Waals surface area contributed by atoms with Crippen molar-refractivity contribution in [2.24, 2.45) is 5.92 Å². The highest BCUT2D eigenvalue weighted by Gasteiger charge is 2.21. The van der Waals surface area contributed by atoms with Crippen molar-refractivity contribution >= 4 is 6.29 Å². The van der Waals surface area contributed by atoms with E-state index >= 15 is 0 Å². The summed E-state index contributed by atoms with van der Waals surface area (Å²) in [5, 5.41) is 0. The van der Waals surface area contributed by atoms with Crippen LogP contribution in [0.4, 0.5) is 0 Å². The maximum atomic E-state index is 10.5. The zero-order valence-electron chi connectivity index (χ0n) is 11.7. The molecule has 104 valence electrons. The largest absolute Gasteiger partial charge is 0.474 e. The van der Waals surface area contributed by atoms with Crippen molar-refractivity contribution in [1.82, 2.24) is 9.88 Å². The minimum absolute atomic E-state index is 0.248. The Bertz CT molecular complexity index is 395. The number of piperidine rings is 1. The van der Waals surface area contributed by atoms with E-state index in [0.29, 0.717) is 11.4 Å². The van der Waals surface area contributed by atoms with Crippen LogP contribution in [0.5, 0.6) is 5.88 Å². The van der Waals surface area contributed by atoms with E-state index in [1.54, 1.807) is 18.3 Å². The number of carbonyl (C=O) groups excluding carboxylic acids is 1. The van der Waals surface area contributed by atoms with Crippen molar-refractivity contribution in [2.45, 2.75) is 32.8 Å². The molecule has 0 aromatic carbocycles. The van der Waals surface area contributed by atoms with Crippen LogP contribution in [0.3, 0.4) is 0 Å². The third-order valence-corrected chi connectivity index (χ3v) is 3.34. The lowest BCUT2D eigenvalue weighted by atomic mass is 10.1. The number of ether oxygens (including phenoxy) is 1. The molecule has 1 aromatic rings. The monoisotopic (exact) mass is 262 g/mol. The number of carbonyl (C=O) groups is 1. The van der Waals surface area contributed by atoms with Crippen molar-refractivity contribution < 1.29 is 9.53 Å². The first-order valence-corrected chi connectivity index (χ1v) is 6.97. The van der Waals surface area contributed by atoms with E-state index in [-0.39, 0.29) is 6.10 Å². The van der Waals surface area contributed by atoms with Gasteiger partial charge in [0.2, 0.25) is 5.88 Å². The summed E-state index contributed by atoms with van der Waals surface area (Å²) in [5.41, 5.74) is 0.583. The number of likely N-dealkylation sites (tertiary alicyclic amines) is 1. The summed E-state index contributed by atoms with van der Waals surface area (Å²) in [6, 6.07) is 3.51. The van der Waals surface area contributed by atoms with Gasteiger partial charge in [0.25, 0.3) is 0 Å². The molecule has 1 saturated heterocycles. The molecule has 0 amide bonds. The zero-order chi connectivity index (χ0) is 13.7. The first kappa shape index (κ1) is 14.0. The third-order valence-electron chi connectivity index (χ3n) is 3.34. The second-order valence-corrected chi connectivity index (χ2v) is 5.56. The first-order valence-electron chi connectivity index (χ1n) is 6.97. The molecule has 0 atom stereocenters. The van der Waals surface area contributed by atoms with Gasteiger partial charge in [0.15, 0.2) is 6.29 Å². The number of aromatic nitrogens is 1.